The van der Waals surface area contributed by atoms with Gasteiger partial charge in [0.1, 0.15) is 9.84 Å². The minimum Gasteiger partial charge on any atom is -0.314 e. The molecule has 0 saturated heterocycles. The summed E-state index contributed by atoms with van der Waals surface area (Å²) in [6.45, 7) is 1.04. The van der Waals surface area contributed by atoms with E-state index in [4.69, 9.17) is 0 Å². The third kappa shape index (κ3) is 7.57. The molecule has 1 N–H and O–H groups in total. The molecule has 0 bridgehead atoms. The van der Waals surface area contributed by atoms with E-state index in [2.05, 4.69) is 11.6 Å². The summed E-state index contributed by atoms with van der Waals surface area (Å²) >= 11 is 1.92. The molecule has 2 atom stereocenters. The van der Waals surface area contributed by atoms with Crippen molar-refractivity contribution in [3.63, 3.8) is 0 Å². The summed E-state index contributed by atoms with van der Waals surface area (Å²) in [7, 11) is -2.85. The normalized spacial score (nSPS) is 24.5. The Kier molecular flexibility index (Phi) is 8.42. The maximum atomic E-state index is 11.6. The van der Waals surface area contributed by atoms with Crippen LogP contribution in [0.3, 0.4) is 0 Å². The van der Waals surface area contributed by atoms with Crippen LogP contribution in [0.15, 0.2) is 0 Å². The standard InChI is InChI=1S/C14H29NO2S2/c1-18-11-6-4-3-5-10-15-13-8-7-9-14(12-13)19(2,16)17/h13-15H,3-12H2,1-2H3. The summed E-state index contributed by atoms with van der Waals surface area (Å²) < 4.78 is 23.2. The van der Waals surface area contributed by atoms with Gasteiger partial charge in [0, 0.05) is 12.3 Å². The number of hydrogen-bond donors (Lipinski definition) is 1. The first-order valence-electron chi connectivity index (χ1n) is 7.45. The maximum absolute atomic E-state index is 11.6. The van der Waals surface area contributed by atoms with Crippen molar-refractivity contribution in [2.75, 3.05) is 24.8 Å². The zero-order valence-corrected chi connectivity index (χ0v) is 14.0. The average molecular weight is 308 g/mol. The van der Waals surface area contributed by atoms with E-state index in [1.54, 1.807) is 0 Å². The average Bonchev–Trinajstić information content (AvgIpc) is 2.37. The van der Waals surface area contributed by atoms with Crippen molar-refractivity contribution in [2.45, 2.75) is 62.7 Å². The highest BCUT2D eigenvalue weighted by Crippen LogP contribution is 2.23. The van der Waals surface area contributed by atoms with Crippen LogP contribution in [0.25, 0.3) is 0 Å². The van der Waals surface area contributed by atoms with Gasteiger partial charge in [-0.2, -0.15) is 11.8 Å². The second-order valence-electron chi connectivity index (χ2n) is 5.68. The van der Waals surface area contributed by atoms with Crippen LogP contribution >= 0.6 is 11.8 Å². The Morgan fingerprint density at radius 1 is 1.16 bits per heavy atom. The van der Waals surface area contributed by atoms with Gasteiger partial charge in [-0.3, -0.25) is 0 Å². The van der Waals surface area contributed by atoms with Crippen LogP contribution in [-0.2, 0) is 9.84 Å². The third-order valence-corrected chi connectivity index (χ3v) is 6.28. The van der Waals surface area contributed by atoms with Gasteiger partial charge in [0.05, 0.1) is 5.25 Å². The predicted octanol–water partition coefficient (Wildman–Crippen LogP) is 2.86. The van der Waals surface area contributed by atoms with Crippen molar-refractivity contribution in [2.24, 2.45) is 0 Å². The van der Waals surface area contributed by atoms with Crippen LogP contribution in [-0.4, -0.2) is 44.5 Å². The molecule has 114 valence electrons. The van der Waals surface area contributed by atoms with Crippen LogP contribution in [0.5, 0.6) is 0 Å². The second kappa shape index (κ2) is 9.24. The molecule has 1 aliphatic rings. The lowest BCUT2D eigenvalue weighted by molar-refractivity contribution is 0.369. The second-order valence-corrected chi connectivity index (χ2v) is 8.99. The van der Waals surface area contributed by atoms with Gasteiger partial charge < -0.3 is 5.32 Å². The van der Waals surface area contributed by atoms with Gasteiger partial charge in [-0.25, -0.2) is 8.42 Å². The molecule has 19 heavy (non-hydrogen) atoms. The Balaban J connectivity index is 2.09. The van der Waals surface area contributed by atoms with Gasteiger partial charge in [0.2, 0.25) is 0 Å². The molecular formula is C14H29NO2S2. The fraction of sp³-hybridized carbons (Fsp3) is 1.00. The van der Waals surface area contributed by atoms with Crippen LogP contribution < -0.4 is 5.32 Å². The number of hydrogen-bond acceptors (Lipinski definition) is 4. The van der Waals surface area contributed by atoms with Crippen molar-refractivity contribution in [1.29, 1.82) is 0 Å². The number of unbranched alkanes of at least 4 members (excludes halogenated alkanes) is 3. The summed E-state index contributed by atoms with van der Waals surface area (Å²) in [5.74, 6) is 1.27. The Hall–Kier alpha value is 0.260. The smallest absolute Gasteiger partial charge is 0.150 e. The van der Waals surface area contributed by atoms with Crippen molar-refractivity contribution in [3.05, 3.63) is 0 Å². The molecule has 1 fully saturated rings. The van der Waals surface area contributed by atoms with Crippen molar-refractivity contribution >= 4 is 21.6 Å². The van der Waals surface area contributed by atoms with Gasteiger partial charge in [-0.05, 0) is 50.7 Å². The van der Waals surface area contributed by atoms with Crippen LogP contribution in [0.4, 0.5) is 0 Å². The number of rotatable bonds is 9. The van der Waals surface area contributed by atoms with E-state index in [1.165, 1.54) is 37.7 Å². The summed E-state index contributed by atoms with van der Waals surface area (Å²) in [4.78, 5) is 0. The fourth-order valence-electron chi connectivity index (χ4n) is 2.75. The largest absolute Gasteiger partial charge is 0.314 e. The highest BCUT2D eigenvalue weighted by molar-refractivity contribution is 7.98. The van der Waals surface area contributed by atoms with Crippen molar-refractivity contribution < 1.29 is 8.42 Å². The molecule has 0 aromatic heterocycles. The lowest BCUT2D eigenvalue weighted by Crippen LogP contribution is -2.39. The summed E-state index contributed by atoms with van der Waals surface area (Å²) in [6.07, 6.45) is 12.5. The molecule has 0 aromatic rings. The minimum atomic E-state index is -2.85. The van der Waals surface area contributed by atoms with E-state index >= 15 is 0 Å². The first kappa shape index (κ1) is 17.3. The summed E-state index contributed by atoms with van der Waals surface area (Å²) in [5, 5.41) is 3.43. The van der Waals surface area contributed by atoms with Crippen LogP contribution in [0, 0.1) is 0 Å². The quantitative estimate of drug-likeness (QED) is 0.665. The van der Waals surface area contributed by atoms with Gasteiger partial charge in [-0.1, -0.05) is 19.3 Å². The SMILES string of the molecule is CSCCCCCCNC1CCCC(S(C)(=O)=O)C1. The highest BCUT2D eigenvalue weighted by Gasteiger charge is 2.28. The van der Waals surface area contributed by atoms with Crippen LogP contribution in [0.1, 0.15) is 51.4 Å². The Bertz CT molecular complexity index is 330. The van der Waals surface area contributed by atoms with E-state index in [0.29, 0.717) is 6.04 Å². The number of nitrogens with one attached hydrogen (secondary N) is 1. The van der Waals surface area contributed by atoms with E-state index < -0.39 is 9.84 Å². The van der Waals surface area contributed by atoms with Crippen molar-refractivity contribution in [1.82, 2.24) is 5.32 Å². The van der Waals surface area contributed by atoms with Gasteiger partial charge in [0.15, 0.2) is 0 Å². The van der Waals surface area contributed by atoms with Crippen LogP contribution in [0.2, 0.25) is 0 Å². The molecule has 5 heteroatoms. The molecule has 0 radical (unpaired) electrons. The fourth-order valence-corrected chi connectivity index (χ4v) is 4.42. The van der Waals surface area contributed by atoms with Gasteiger partial charge >= 0.3 is 0 Å². The molecule has 1 aliphatic carbocycles. The molecular weight excluding hydrogens is 278 g/mol. The molecule has 2 unspecified atom stereocenters. The van der Waals surface area contributed by atoms with E-state index in [-0.39, 0.29) is 5.25 Å². The summed E-state index contributed by atoms with van der Waals surface area (Å²) in [5.41, 5.74) is 0. The monoisotopic (exact) mass is 307 g/mol. The molecule has 1 saturated carbocycles. The first-order chi connectivity index (χ1) is 9.04. The Morgan fingerprint density at radius 3 is 2.58 bits per heavy atom. The van der Waals surface area contributed by atoms with Gasteiger partial charge in [-0.15, -0.1) is 0 Å². The Labute approximate surface area is 123 Å². The topological polar surface area (TPSA) is 46.2 Å². The molecule has 0 spiro atoms. The lowest BCUT2D eigenvalue weighted by Gasteiger charge is -2.28. The predicted molar refractivity (Wildman–Crippen MR) is 85.7 cm³/mol. The molecule has 0 heterocycles. The molecule has 0 amide bonds. The maximum Gasteiger partial charge on any atom is 0.150 e. The molecule has 0 aliphatic heterocycles. The number of sulfone groups is 1. The van der Waals surface area contributed by atoms with E-state index in [0.717, 1.165) is 32.2 Å². The zero-order valence-electron chi connectivity index (χ0n) is 12.4. The van der Waals surface area contributed by atoms with E-state index in [1.807, 2.05) is 11.8 Å². The lowest BCUT2D eigenvalue weighted by atomic mass is 9.95. The minimum absolute atomic E-state index is 0.111. The highest BCUT2D eigenvalue weighted by atomic mass is 32.2. The first-order valence-corrected chi connectivity index (χ1v) is 10.8. The third-order valence-electron chi connectivity index (χ3n) is 3.94. The zero-order chi connectivity index (χ0) is 14.1. The molecule has 1 rings (SSSR count). The summed E-state index contributed by atoms with van der Waals surface area (Å²) in [6, 6.07) is 0.416. The molecule has 0 aromatic carbocycles. The molecule has 3 nitrogen and oxygen atoms in total. The van der Waals surface area contributed by atoms with Crippen molar-refractivity contribution in [3.8, 4) is 0 Å². The van der Waals surface area contributed by atoms with Gasteiger partial charge in [0.25, 0.3) is 0 Å². The van der Waals surface area contributed by atoms with E-state index in [9.17, 15) is 8.42 Å². The number of thioether (sulfide) groups is 1. The Morgan fingerprint density at radius 2 is 1.89 bits per heavy atom.